The third-order valence-electron chi connectivity index (χ3n) is 5.98. The highest BCUT2D eigenvalue weighted by Crippen LogP contribution is 2.36. The van der Waals surface area contributed by atoms with Gasteiger partial charge in [-0.25, -0.2) is 10.3 Å². The van der Waals surface area contributed by atoms with Gasteiger partial charge in [0.2, 0.25) is 5.78 Å². The van der Waals surface area contributed by atoms with Crippen molar-refractivity contribution < 1.29 is 24.0 Å². The molecule has 2 aliphatic heterocycles. The number of carbonyl (C=O) groups excluding carboxylic acids is 3. The van der Waals surface area contributed by atoms with Gasteiger partial charge in [0.15, 0.2) is 12.1 Å². The van der Waals surface area contributed by atoms with Gasteiger partial charge in [0, 0.05) is 31.8 Å². The van der Waals surface area contributed by atoms with E-state index in [0.29, 0.717) is 0 Å². The highest BCUT2D eigenvalue weighted by Gasteiger charge is 2.42. The summed E-state index contributed by atoms with van der Waals surface area (Å²) in [5, 5.41) is 0. The Morgan fingerprint density at radius 1 is 1.00 bits per heavy atom. The minimum Gasteiger partial charge on any atom is -0.342 e. The molecule has 8 nitrogen and oxygen atoms in total. The first kappa shape index (κ1) is 23.9. The maximum absolute atomic E-state index is 12.7. The topological polar surface area (TPSA) is 106 Å². The molecule has 2 rings (SSSR count). The van der Waals surface area contributed by atoms with Gasteiger partial charge in [-0.3, -0.25) is 25.2 Å². The number of nitrogens with one attached hydrogen (secondary N) is 3. The molecule has 8 heteroatoms. The van der Waals surface area contributed by atoms with E-state index in [9.17, 15) is 14.4 Å². The van der Waals surface area contributed by atoms with E-state index in [1.54, 1.807) is 0 Å². The number of amides is 1. The summed E-state index contributed by atoms with van der Waals surface area (Å²) in [5.41, 5.74) is 8.69. The molecule has 0 bridgehead atoms. The van der Waals surface area contributed by atoms with Crippen LogP contribution in [0.25, 0.3) is 0 Å². The fourth-order valence-electron chi connectivity index (χ4n) is 4.35. The summed E-state index contributed by atoms with van der Waals surface area (Å²) >= 11 is 0. The molecule has 2 aliphatic rings. The van der Waals surface area contributed by atoms with Crippen LogP contribution in [0.15, 0.2) is 0 Å². The molecule has 2 heterocycles. The second kappa shape index (κ2) is 13.1. The van der Waals surface area contributed by atoms with Crippen molar-refractivity contribution in [3.05, 3.63) is 0 Å². The Hall–Kier alpha value is -1.35. The van der Waals surface area contributed by atoms with E-state index in [-0.39, 0.29) is 30.1 Å². The molecule has 1 amide bonds. The van der Waals surface area contributed by atoms with Gasteiger partial charge in [-0.1, -0.05) is 39.0 Å². The Balaban J connectivity index is 1.97. The number of hydroxylamine groups is 1. The molecule has 0 radical (unpaired) electrons. The minimum absolute atomic E-state index is 0.0219. The molecular weight excluding hydrogens is 374 g/mol. The predicted molar refractivity (Wildman–Crippen MR) is 108 cm³/mol. The number of ether oxygens (including phenoxy) is 1. The molecule has 0 aromatic carbocycles. The normalized spacial score (nSPS) is 30.9. The Morgan fingerprint density at radius 2 is 1.62 bits per heavy atom. The van der Waals surface area contributed by atoms with Gasteiger partial charge in [0.05, 0.1) is 0 Å². The quantitative estimate of drug-likeness (QED) is 0.480. The minimum atomic E-state index is -0.814. The van der Waals surface area contributed by atoms with Gasteiger partial charge >= 0.3 is 5.91 Å². The summed E-state index contributed by atoms with van der Waals surface area (Å²) in [5.74, 6) is -1.44. The zero-order valence-electron chi connectivity index (χ0n) is 17.8. The molecule has 29 heavy (non-hydrogen) atoms. The van der Waals surface area contributed by atoms with E-state index in [1.807, 2.05) is 6.92 Å². The lowest BCUT2D eigenvalue weighted by molar-refractivity contribution is -0.230. The lowest BCUT2D eigenvalue weighted by Crippen LogP contribution is -2.48. The van der Waals surface area contributed by atoms with E-state index in [0.717, 1.165) is 38.8 Å². The van der Waals surface area contributed by atoms with Gasteiger partial charge in [0.25, 0.3) is 0 Å². The van der Waals surface area contributed by atoms with Crippen molar-refractivity contribution in [2.75, 3.05) is 19.7 Å². The van der Waals surface area contributed by atoms with Crippen molar-refractivity contribution in [2.24, 2.45) is 17.8 Å². The Morgan fingerprint density at radius 3 is 2.34 bits per heavy atom. The predicted octanol–water partition coefficient (Wildman–Crippen LogP) is 2.04. The van der Waals surface area contributed by atoms with Crippen LogP contribution < -0.4 is 16.3 Å². The maximum Gasteiger partial charge on any atom is 0.310 e. The molecule has 4 atom stereocenters. The number of carbonyl (C=O) groups is 3. The van der Waals surface area contributed by atoms with E-state index in [1.165, 1.54) is 39.0 Å². The highest BCUT2D eigenvalue weighted by molar-refractivity contribution is 6.34. The zero-order valence-corrected chi connectivity index (χ0v) is 17.8. The third-order valence-corrected chi connectivity index (χ3v) is 5.98. The third kappa shape index (κ3) is 8.12. The van der Waals surface area contributed by atoms with E-state index >= 15 is 0 Å². The highest BCUT2D eigenvalue weighted by atomic mass is 16.8. The number of hydrogen-bond acceptors (Lipinski definition) is 7. The van der Waals surface area contributed by atoms with E-state index in [4.69, 9.17) is 9.57 Å². The molecule has 166 valence electrons. The maximum atomic E-state index is 12.7. The first-order valence-electron chi connectivity index (χ1n) is 11.1. The van der Waals surface area contributed by atoms with Gasteiger partial charge in [-0.15, -0.1) is 0 Å². The summed E-state index contributed by atoms with van der Waals surface area (Å²) in [6, 6.07) is 0. The van der Waals surface area contributed by atoms with Crippen LogP contribution in [-0.2, 0) is 24.0 Å². The Bertz CT molecular complexity index is 528. The van der Waals surface area contributed by atoms with Gasteiger partial charge in [-0.2, -0.15) is 0 Å². The molecule has 0 aliphatic carbocycles. The summed E-state index contributed by atoms with van der Waals surface area (Å²) in [7, 11) is 0. The fraction of sp³-hybridized carbons (Fsp3) is 0.857. The SMILES string of the molecule is CC(=O)C(=O)NOC1OCC(=O)C([C@@H]2CCCCCCCCNNCCC2)[C@@H]1C. The summed E-state index contributed by atoms with van der Waals surface area (Å²) in [6.45, 7) is 4.94. The molecule has 3 N–H and O–H groups in total. The number of hydrazine groups is 1. The van der Waals surface area contributed by atoms with Gasteiger partial charge in [0.1, 0.15) is 6.61 Å². The summed E-state index contributed by atoms with van der Waals surface area (Å²) < 4.78 is 5.50. The number of hydrogen-bond donors (Lipinski definition) is 3. The molecule has 0 saturated carbocycles. The van der Waals surface area contributed by atoms with Crippen LogP contribution in [-0.4, -0.2) is 43.5 Å². The number of ketones is 2. The molecule has 0 aromatic rings. The van der Waals surface area contributed by atoms with Crippen LogP contribution in [0.5, 0.6) is 0 Å². The van der Waals surface area contributed by atoms with Crippen LogP contribution in [0.3, 0.4) is 0 Å². The van der Waals surface area contributed by atoms with Crippen molar-refractivity contribution in [2.45, 2.75) is 77.9 Å². The molecular formula is C21H37N3O5. The first-order valence-corrected chi connectivity index (χ1v) is 11.1. The first-order chi connectivity index (χ1) is 14.0. The summed E-state index contributed by atoms with van der Waals surface area (Å²) in [6.07, 6.45) is 9.50. The summed E-state index contributed by atoms with van der Waals surface area (Å²) in [4.78, 5) is 40.6. The Kier molecular flexibility index (Phi) is 10.8. The molecule has 2 unspecified atom stereocenters. The zero-order chi connectivity index (χ0) is 21.1. The average Bonchev–Trinajstić information content (AvgIpc) is 2.69. The second-order valence-corrected chi connectivity index (χ2v) is 8.30. The van der Waals surface area contributed by atoms with Crippen LogP contribution in [0, 0.1) is 17.8 Å². The van der Waals surface area contributed by atoms with Crippen molar-refractivity contribution in [3.63, 3.8) is 0 Å². The molecule has 2 fully saturated rings. The standard InChI is InChI=1S/C21H37N3O5/c1-15-19(18(26)14-28-21(15)29-24-20(27)16(2)25)17-10-7-5-3-4-6-8-12-22-23-13-9-11-17/h15,17,19,21-23H,3-14H2,1-2H3,(H,24,27)/t15-,17+,19?,21?/m0/s1. The van der Waals surface area contributed by atoms with Gasteiger partial charge in [-0.05, 0) is 31.6 Å². The molecule has 0 aromatic heterocycles. The molecule has 0 spiro atoms. The lowest BCUT2D eigenvalue weighted by Gasteiger charge is -2.38. The van der Waals surface area contributed by atoms with Crippen molar-refractivity contribution in [3.8, 4) is 0 Å². The van der Waals surface area contributed by atoms with Crippen molar-refractivity contribution in [1.82, 2.24) is 16.3 Å². The molecule has 2 saturated heterocycles. The largest absolute Gasteiger partial charge is 0.342 e. The van der Waals surface area contributed by atoms with Crippen LogP contribution in [0.2, 0.25) is 0 Å². The lowest BCUT2D eigenvalue weighted by atomic mass is 9.73. The van der Waals surface area contributed by atoms with E-state index < -0.39 is 18.0 Å². The average molecular weight is 412 g/mol. The van der Waals surface area contributed by atoms with E-state index in [2.05, 4.69) is 16.3 Å². The van der Waals surface area contributed by atoms with Crippen molar-refractivity contribution in [1.29, 1.82) is 0 Å². The fourth-order valence-corrected chi connectivity index (χ4v) is 4.35. The van der Waals surface area contributed by atoms with Crippen LogP contribution in [0.4, 0.5) is 0 Å². The number of rotatable bonds is 4. The van der Waals surface area contributed by atoms with Gasteiger partial charge < -0.3 is 4.74 Å². The van der Waals surface area contributed by atoms with Crippen molar-refractivity contribution >= 4 is 17.5 Å². The second-order valence-electron chi connectivity index (χ2n) is 8.30. The Labute approximate surface area is 173 Å². The van der Waals surface area contributed by atoms with Crippen LogP contribution in [0.1, 0.15) is 71.6 Å². The smallest absolute Gasteiger partial charge is 0.310 e. The monoisotopic (exact) mass is 411 g/mol. The number of Topliss-reactive ketones (excluding diaryl/α,β-unsaturated/α-hetero) is 2. The van der Waals surface area contributed by atoms with Crippen LogP contribution >= 0.6 is 0 Å².